The Balaban J connectivity index is 2.86. The lowest BCUT2D eigenvalue weighted by atomic mass is 10.4. The number of nitrogens with two attached hydrogens (primary N) is 1. The van der Waals surface area contributed by atoms with Gasteiger partial charge in [-0.05, 0) is 13.0 Å². The Bertz CT molecular complexity index is 49.7. The van der Waals surface area contributed by atoms with Crippen molar-refractivity contribution >= 4 is 0 Å². The minimum absolute atomic E-state index is 0.292. The van der Waals surface area contributed by atoms with Crippen molar-refractivity contribution in [2.45, 2.75) is 19.6 Å². The van der Waals surface area contributed by atoms with E-state index in [1.165, 1.54) is 0 Å². The molecule has 0 amide bonds. The number of aliphatic hydroxyl groups excluding tert-OH is 1. The molecule has 0 aromatic rings. The largest absolute Gasteiger partial charge is 0.377 e. The van der Waals surface area contributed by atoms with Crippen LogP contribution in [0.25, 0.3) is 0 Å². The fourth-order valence-corrected chi connectivity index (χ4v) is 0.394. The maximum absolute atomic E-state index is 8.75. The van der Waals surface area contributed by atoms with Gasteiger partial charge in [-0.3, -0.25) is 5.32 Å². The fraction of sp³-hybridized carbons (Fsp3) is 1.00. The average molecular weight is 118 g/mol. The zero-order valence-electron chi connectivity index (χ0n) is 5.22. The molecule has 0 spiro atoms. The van der Waals surface area contributed by atoms with E-state index in [0.717, 1.165) is 13.0 Å². The molecule has 0 aliphatic carbocycles. The molecule has 0 bridgehead atoms. The summed E-state index contributed by atoms with van der Waals surface area (Å²) in [4.78, 5) is 0. The molecule has 4 N–H and O–H groups in total. The number of rotatable bonds is 4. The van der Waals surface area contributed by atoms with E-state index in [4.69, 9.17) is 10.8 Å². The van der Waals surface area contributed by atoms with Crippen molar-refractivity contribution in [3.63, 3.8) is 0 Å². The van der Waals surface area contributed by atoms with Crippen LogP contribution in [0.3, 0.4) is 0 Å². The van der Waals surface area contributed by atoms with Gasteiger partial charge in [0.15, 0.2) is 0 Å². The van der Waals surface area contributed by atoms with E-state index in [0.29, 0.717) is 6.54 Å². The number of nitrogens with one attached hydrogen (secondary N) is 1. The van der Waals surface area contributed by atoms with Crippen LogP contribution in [0.4, 0.5) is 0 Å². The summed E-state index contributed by atoms with van der Waals surface area (Å²) in [5.41, 5.74) is 5.10. The highest BCUT2D eigenvalue weighted by Crippen LogP contribution is 1.72. The molecule has 3 nitrogen and oxygen atoms in total. The number of hydrogen-bond donors (Lipinski definition) is 3. The number of hydrogen-bond acceptors (Lipinski definition) is 3. The van der Waals surface area contributed by atoms with Crippen LogP contribution >= 0.6 is 0 Å². The maximum Gasteiger partial charge on any atom is 0.117 e. The Hall–Kier alpha value is -0.120. The van der Waals surface area contributed by atoms with Gasteiger partial charge in [0.1, 0.15) is 6.23 Å². The first-order valence-electron chi connectivity index (χ1n) is 2.92. The smallest absolute Gasteiger partial charge is 0.117 e. The molecule has 1 atom stereocenters. The summed E-state index contributed by atoms with van der Waals surface area (Å²) in [6.07, 6.45) is 0.506. The lowest BCUT2D eigenvalue weighted by molar-refractivity contribution is 0.146. The Morgan fingerprint density at radius 2 is 2.38 bits per heavy atom. The third-order valence-corrected chi connectivity index (χ3v) is 0.853. The van der Waals surface area contributed by atoms with Crippen LogP contribution < -0.4 is 11.1 Å². The van der Waals surface area contributed by atoms with Gasteiger partial charge in [0.25, 0.3) is 0 Å². The van der Waals surface area contributed by atoms with Crippen LogP contribution in [0, 0.1) is 0 Å². The molecule has 0 saturated heterocycles. The normalized spacial score (nSPS) is 13.9. The van der Waals surface area contributed by atoms with Crippen molar-refractivity contribution < 1.29 is 5.11 Å². The summed E-state index contributed by atoms with van der Waals surface area (Å²) in [6.45, 7) is 3.16. The van der Waals surface area contributed by atoms with Gasteiger partial charge in [-0.15, -0.1) is 0 Å². The van der Waals surface area contributed by atoms with Crippen LogP contribution in [0.1, 0.15) is 13.3 Å². The van der Waals surface area contributed by atoms with E-state index in [9.17, 15) is 0 Å². The first-order valence-corrected chi connectivity index (χ1v) is 2.92. The summed E-state index contributed by atoms with van der Waals surface area (Å²) in [5, 5.41) is 11.6. The highest BCUT2D eigenvalue weighted by atomic mass is 16.3. The van der Waals surface area contributed by atoms with E-state index >= 15 is 0 Å². The fourth-order valence-electron chi connectivity index (χ4n) is 0.394. The Morgan fingerprint density at radius 3 is 2.75 bits per heavy atom. The first kappa shape index (κ1) is 7.88. The SMILES string of the molecule is CCCNC(O)CN. The molecule has 0 radical (unpaired) electrons. The minimum Gasteiger partial charge on any atom is -0.377 e. The molecular weight excluding hydrogens is 104 g/mol. The molecule has 0 rings (SSSR count). The third-order valence-electron chi connectivity index (χ3n) is 0.853. The van der Waals surface area contributed by atoms with E-state index in [2.05, 4.69) is 5.32 Å². The molecule has 0 saturated carbocycles. The average Bonchev–Trinajstić information content (AvgIpc) is 1.83. The van der Waals surface area contributed by atoms with Crippen molar-refractivity contribution in [1.82, 2.24) is 5.32 Å². The summed E-state index contributed by atoms with van der Waals surface area (Å²) >= 11 is 0. The molecular formula is C5H14N2O. The molecule has 3 heteroatoms. The lowest BCUT2D eigenvalue weighted by Gasteiger charge is -2.07. The van der Waals surface area contributed by atoms with Crippen LogP contribution in [-0.2, 0) is 0 Å². The predicted molar refractivity (Wildman–Crippen MR) is 33.4 cm³/mol. The molecule has 0 aliphatic heterocycles. The summed E-state index contributed by atoms with van der Waals surface area (Å²) in [7, 11) is 0. The summed E-state index contributed by atoms with van der Waals surface area (Å²) in [5.74, 6) is 0. The van der Waals surface area contributed by atoms with Gasteiger partial charge in [0.2, 0.25) is 0 Å². The zero-order valence-corrected chi connectivity index (χ0v) is 5.22. The standard InChI is InChI=1S/C5H14N2O/c1-2-3-7-5(8)4-6/h5,7-8H,2-4,6H2,1H3. The van der Waals surface area contributed by atoms with Gasteiger partial charge in [-0.1, -0.05) is 6.92 Å². The third kappa shape index (κ3) is 4.05. The van der Waals surface area contributed by atoms with Gasteiger partial charge in [-0.25, -0.2) is 0 Å². The summed E-state index contributed by atoms with van der Waals surface area (Å²) < 4.78 is 0. The van der Waals surface area contributed by atoms with E-state index in [-0.39, 0.29) is 0 Å². The molecule has 0 fully saturated rings. The maximum atomic E-state index is 8.75. The molecule has 0 aromatic carbocycles. The van der Waals surface area contributed by atoms with Gasteiger partial charge in [0, 0.05) is 6.54 Å². The summed E-state index contributed by atoms with van der Waals surface area (Å²) in [6, 6.07) is 0. The molecule has 0 aliphatic rings. The van der Waals surface area contributed by atoms with Crippen molar-refractivity contribution in [2.24, 2.45) is 5.73 Å². The number of aliphatic hydroxyl groups is 1. The predicted octanol–water partition coefficient (Wildman–Crippen LogP) is -0.737. The Kier molecular flexibility index (Phi) is 4.95. The van der Waals surface area contributed by atoms with Gasteiger partial charge < -0.3 is 10.8 Å². The second-order valence-electron chi connectivity index (χ2n) is 1.71. The van der Waals surface area contributed by atoms with Crippen LogP contribution in [0.5, 0.6) is 0 Å². The van der Waals surface area contributed by atoms with Gasteiger partial charge in [0.05, 0.1) is 0 Å². The van der Waals surface area contributed by atoms with Crippen LogP contribution in [-0.4, -0.2) is 24.4 Å². The highest BCUT2D eigenvalue weighted by molar-refractivity contribution is 4.50. The van der Waals surface area contributed by atoms with Gasteiger partial charge in [-0.2, -0.15) is 0 Å². The molecule has 50 valence electrons. The van der Waals surface area contributed by atoms with Crippen molar-refractivity contribution in [3.05, 3.63) is 0 Å². The van der Waals surface area contributed by atoms with Gasteiger partial charge >= 0.3 is 0 Å². The highest BCUT2D eigenvalue weighted by Gasteiger charge is 1.94. The second kappa shape index (κ2) is 5.03. The lowest BCUT2D eigenvalue weighted by Crippen LogP contribution is -2.35. The topological polar surface area (TPSA) is 58.3 Å². The molecule has 0 heterocycles. The molecule has 0 aromatic heterocycles. The Morgan fingerprint density at radius 1 is 1.75 bits per heavy atom. The van der Waals surface area contributed by atoms with Crippen molar-refractivity contribution in [3.8, 4) is 0 Å². The Labute approximate surface area is 49.9 Å². The quantitative estimate of drug-likeness (QED) is 0.426. The zero-order chi connectivity index (χ0) is 6.41. The van der Waals surface area contributed by atoms with Crippen molar-refractivity contribution in [2.75, 3.05) is 13.1 Å². The van der Waals surface area contributed by atoms with Crippen molar-refractivity contribution in [1.29, 1.82) is 0 Å². The van der Waals surface area contributed by atoms with E-state index in [1.54, 1.807) is 0 Å². The molecule has 8 heavy (non-hydrogen) atoms. The second-order valence-corrected chi connectivity index (χ2v) is 1.71. The monoisotopic (exact) mass is 118 g/mol. The van der Waals surface area contributed by atoms with E-state index in [1.807, 2.05) is 6.92 Å². The first-order chi connectivity index (χ1) is 3.81. The van der Waals surface area contributed by atoms with Crippen LogP contribution in [0.15, 0.2) is 0 Å². The van der Waals surface area contributed by atoms with Crippen LogP contribution in [0.2, 0.25) is 0 Å². The minimum atomic E-state index is -0.519. The van der Waals surface area contributed by atoms with E-state index < -0.39 is 6.23 Å². The molecule has 1 unspecified atom stereocenters.